The number of piperidine rings is 1. The lowest BCUT2D eigenvalue weighted by Gasteiger charge is -2.44. The van der Waals surface area contributed by atoms with E-state index in [1.165, 1.54) is 0 Å². The highest BCUT2D eigenvalue weighted by Gasteiger charge is 2.47. The quantitative estimate of drug-likeness (QED) is 0.820. The van der Waals surface area contributed by atoms with Crippen LogP contribution in [-0.2, 0) is 0 Å². The zero-order valence-corrected chi connectivity index (χ0v) is 16.6. The Morgan fingerprint density at radius 2 is 1.92 bits per heavy atom. The maximum Gasteiger partial charge on any atom is 0.317 e. The topological polar surface area (TPSA) is 52.7 Å². The van der Waals surface area contributed by atoms with Gasteiger partial charge in [-0.05, 0) is 37.8 Å². The van der Waals surface area contributed by atoms with E-state index in [4.69, 9.17) is 0 Å². The van der Waals surface area contributed by atoms with E-state index in [0.29, 0.717) is 13.1 Å². The van der Waals surface area contributed by atoms with Crippen molar-refractivity contribution in [3.8, 4) is 0 Å². The van der Waals surface area contributed by atoms with Crippen LogP contribution in [0.4, 0.5) is 4.79 Å². The van der Waals surface area contributed by atoms with Crippen LogP contribution < -0.4 is 5.32 Å². The van der Waals surface area contributed by atoms with E-state index >= 15 is 0 Å². The number of urea groups is 1. The molecule has 1 N–H and O–H groups in total. The van der Waals surface area contributed by atoms with Gasteiger partial charge in [0.25, 0.3) is 5.91 Å². The molecule has 2 fully saturated rings. The third-order valence-corrected chi connectivity index (χ3v) is 6.99. The summed E-state index contributed by atoms with van der Waals surface area (Å²) in [6.45, 7) is 7.07. The van der Waals surface area contributed by atoms with Crippen molar-refractivity contribution in [2.45, 2.75) is 44.4 Å². The molecule has 2 saturated heterocycles. The number of rotatable bonds is 4. The maximum atomic E-state index is 13.2. The zero-order valence-electron chi connectivity index (χ0n) is 15.8. The van der Waals surface area contributed by atoms with E-state index in [-0.39, 0.29) is 16.8 Å². The van der Waals surface area contributed by atoms with Gasteiger partial charge in [-0.25, -0.2) is 4.79 Å². The van der Waals surface area contributed by atoms with Crippen molar-refractivity contribution in [1.29, 1.82) is 0 Å². The number of thioether (sulfide) groups is 1. The highest BCUT2D eigenvalue weighted by Crippen LogP contribution is 2.44. The lowest BCUT2D eigenvalue weighted by atomic mass is 10.00. The fourth-order valence-corrected chi connectivity index (χ4v) is 5.27. The fraction of sp³-hybridized carbons (Fsp3) is 0.600. The number of amides is 3. The van der Waals surface area contributed by atoms with Crippen molar-refractivity contribution in [2.75, 3.05) is 31.9 Å². The minimum absolute atomic E-state index is 0.0353. The number of likely N-dealkylation sites (tertiary alicyclic amines) is 1. The summed E-state index contributed by atoms with van der Waals surface area (Å²) in [4.78, 5) is 29.2. The number of aryl methyl sites for hydroxylation is 1. The molecule has 6 heteroatoms. The van der Waals surface area contributed by atoms with E-state index < -0.39 is 0 Å². The molecule has 0 bridgehead atoms. The first-order valence-electron chi connectivity index (χ1n) is 9.62. The molecule has 1 aromatic rings. The number of unbranched alkanes of at least 4 members (excludes halogenated alkanes) is 1. The van der Waals surface area contributed by atoms with Crippen molar-refractivity contribution in [1.82, 2.24) is 15.1 Å². The average molecular weight is 376 g/mol. The summed E-state index contributed by atoms with van der Waals surface area (Å²) in [5, 5.41) is 3.00. The average Bonchev–Trinajstić information content (AvgIpc) is 3.05. The van der Waals surface area contributed by atoms with Gasteiger partial charge in [0, 0.05) is 37.5 Å². The van der Waals surface area contributed by atoms with Crippen molar-refractivity contribution in [3.05, 3.63) is 35.4 Å². The molecule has 142 valence electrons. The Morgan fingerprint density at radius 1 is 1.19 bits per heavy atom. The Labute approximate surface area is 160 Å². The van der Waals surface area contributed by atoms with Gasteiger partial charge in [-0.15, -0.1) is 11.8 Å². The Kier molecular flexibility index (Phi) is 6.12. The Morgan fingerprint density at radius 3 is 2.62 bits per heavy atom. The van der Waals surface area contributed by atoms with E-state index in [9.17, 15) is 9.59 Å². The zero-order chi connectivity index (χ0) is 18.6. The second-order valence-electron chi connectivity index (χ2n) is 7.14. The Bertz CT molecular complexity index is 656. The van der Waals surface area contributed by atoms with Crippen LogP contribution in [0, 0.1) is 6.92 Å². The van der Waals surface area contributed by atoms with Gasteiger partial charge < -0.3 is 15.1 Å². The molecule has 0 aliphatic carbocycles. The molecule has 0 radical (unpaired) electrons. The molecule has 2 aliphatic heterocycles. The predicted molar refractivity (Wildman–Crippen MR) is 107 cm³/mol. The molecule has 3 amide bonds. The van der Waals surface area contributed by atoms with Gasteiger partial charge in [0.1, 0.15) is 0 Å². The standard InChI is InChI=1S/C20H29N3O2S/c1-3-4-11-21-19(25)22-12-9-20(10-13-22)23(14-15-26-20)18(24)17-8-6-5-7-16(17)2/h5-8H,3-4,9-15H2,1-2H3,(H,21,25). The number of hydrogen-bond acceptors (Lipinski definition) is 3. The van der Waals surface area contributed by atoms with Crippen LogP contribution in [0.25, 0.3) is 0 Å². The molecule has 1 spiro atoms. The molecule has 26 heavy (non-hydrogen) atoms. The van der Waals surface area contributed by atoms with Crippen molar-refractivity contribution in [2.24, 2.45) is 0 Å². The van der Waals surface area contributed by atoms with Gasteiger partial charge in [-0.2, -0.15) is 0 Å². The summed E-state index contributed by atoms with van der Waals surface area (Å²) in [5.41, 5.74) is 1.83. The SMILES string of the molecule is CCCCNC(=O)N1CCC2(CC1)SCCN2C(=O)c1ccccc1C. The molecule has 5 nitrogen and oxygen atoms in total. The molecule has 0 unspecified atom stereocenters. The molecule has 3 rings (SSSR count). The molecular formula is C20H29N3O2S. The van der Waals surface area contributed by atoms with Crippen molar-refractivity contribution < 1.29 is 9.59 Å². The van der Waals surface area contributed by atoms with Gasteiger partial charge >= 0.3 is 6.03 Å². The lowest BCUT2D eigenvalue weighted by molar-refractivity contribution is 0.0580. The highest BCUT2D eigenvalue weighted by atomic mass is 32.2. The van der Waals surface area contributed by atoms with Crippen molar-refractivity contribution in [3.63, 3.8) is 0 Å². The normalized spacial score (nSPS) is 19.0. The second-order valence-corrected chi connectivity index (χ2v) is 8.60. The van der Waals surface area contributed by atoms with Crippen LogP contribution in [0.3, 0.4) is 0 Å². The van der Waals surface area contributed by atoms with E-state index in [1.807, 2.05) is 47.9 Å². The summed E-state index contributed by atoms with van der Waals surface area (Å²) in [6.07, 6.45) is 3.78. The summed E-state index contributed by atoms with van der Waals surface area (Å²) in [7, 11) is 0. The molecule has 0 atom stereocenters. The van der Waals surface area contributed by atoms with Gasteiger partial charge in [0.2, 0.25) is 0 Å². The third-order valence-electron chi connectivity index (χ3n) is 5.44. The van der Waals surface area contributed by atoms with Crippen LogP contribution in [0.5, 0.6) is 0 Å². The molecule has 2 aliphatic rings. The lowest BCUT2D eigenvalue weighted by Crippen LogP contribution is -2.55. The number of nitrogens with zero attached hydrogens (tertiary/aromatic N) is 2. The maximum absolute atomic E-state index is 13.2. The van der Waals surface area contributed by atoms with Gasteiger partial charge in [-0.1, -0.05) is 31.5 Å². The first kappa shape index (κ1) is 19.1. The molecule has 1 aromatic carbocycles. The number of benzene rings is 1. The summed E-state index contributed by atoms with van der Waals surface area (Å²) >= 11 is 1.88. The summed E-state index contributed by atoms with van der Waals surface area (Å²) in [5.74, 6) is 1.11. The molecule has 2 heterocycles. The first-order valence-corrected chi connectivity index (χ1v) is 10.6. The van der Waals surface area contributed by atoms with E-state index in [2.05, 4.69) is 17.1 Å². The fourth-order valence-electron chi connectivity index (χ4n) is 3.81. The van der Waals surface area contributed by atoms with E-state index in [0.717, 1.165) is 55.7 Å². The Balaban J connectivity index is 1.64. The summed E-state index contributed by atoms with van der Waals surface area (Å²) < 4.78 is 0. The van der Waals surface area contributed by atoms with Crippen LogP contribution in [0.1, 0.15) is 48.5 Å². The van der Waals surface area contributed by atoms with Crippen LogP contribution in [0.15, 0.2) is 24.3 Å². The predicted octanol–water partition coefficient (Wildman–Crippen LogP) is 3.49. The largest absolute Gasteiger partial charge is 0.338 e. The number of carbonyl (C=O) groups is 2. The van der Waals surface area contributed by atoms with Crippen LogP contribution in [0.2, 0.25) is 0 Å². The Hall–Kier alpha value is -1.69. The van der Waals surface area contributed by atoms with Crippen LogP contribution >= 0.6 is 11.8 Å². The molecular weight excluding hydrogens is 346 g/mol. The minimum Gasteiger partial charge on any atom is -0.338 e. The molecule has 0 saturated carbocycles. The number of carbonyl (C=O) groups excluding carboxylic acids is 2. The van der Waals surface area contributed by atoms with E-state index in [1.54, 1.807) is 0 Å². The third kappa shape index (κ3) is 3.85. The first-order chi connectivity index (χ1) is 12.6. The molecule has 0 aromatic heterocycles. The highest BCUT2D eigenvalue weighted by molar-refractivity contribution is 8.00. The summed E-state index contributed by atoms with van der Waals surface area (Å²) in [6, 6.07) is 7.85. The van der Waals surface area contributed by atoms with Gasteiger partial charge in [-0.3, -0.25) is 4.79 Å². The number of hydrogen-bond donors (Lipinski definition) is 1. The monoisotopic (exact) mass is 375 g/mol. The van der Waals surface area contributed by atoms with Crippen molar-refractivity contribution >= 4 is 23.7 Å². The smallest absolute Gasteiger partial charge is 0.317 e. The number of nitrogens with one attached hydrogen (secondary N) is 1. The second kappa shape index (κ2) is 8.33. The van der Waals surface area contributed by atoms with Gasteiger partial charge in [0.15, 0.2) is 0 Å². The minimum atomic E-state index is -0.153. The van der Waals surface area contributed by atoms with Gasteiger partial charge in [0.05, 0.1) is 4.87 Å². The van der Waals surface area contributed by atoms with Crippen LogP contribution in [-0.4, -0.2) is 58.5 Å².